The van der Waals surface area contributed by atoms with Crippen LogP contribution in [0.15, 0.2) is 32.5 Å². The molecule has 128 valence electrons. The number of anilines is 1. The Hall–Kier alpha value is -2.61. The maximum absolute atomic E-state index is 12.1. The van der Waals surface area contributed by atoms with Gasteiger partial charge in [0.05, 0.1) is 11.6 Å². The van der Waals surface area contributed by atoms with Crippen LogP contribution in [0.3, 0.4) is 0 Å². The molecule has 0 aliphatic rings. The van der Waals surface area contributed by atoms with Gasteiger partial charge in [-0.15, -0.1) is 0 Å². The molecule has 0 amide bonds. The Bertz CT molecular complexity index is 828. The first kappa shape index (κ1) is 17.7. The summed E-state index contributed by atoms with van der Waals surface area (Å²) in [5, 5.41) is 17.6. The fraction of sp³-hybridized carbons (Fsp3) is 0.312. The Kier molecular flexibility index (Phi) is 5.75. The largest absolute Gasteiger partial charge is 0.506 e. The van der Waals surface area contributed by atoms with E-state index in [4.69, 9.17) is 16.6 Å². The predicted octanol–water partition coefficient (Wildman–Crippen LogP) is 1.77. The Morgan fingerprint density at radius 1 is 1.42 bits per heavy atom. The average molecular weight is 348 g/mol. The molecule has 0 saturated heterocycles. The minimum Gasteiger partial charge on any atom is -0.506 e. The lowest BCUT2D eigenvalue weighted by molar-refractivity contribution is 0.466. The van der Waals surface area contributed by atoms with Crippen molar-refractivity contribution in [1.29, 1.82) is 0 Å². The van der Waals surface area contributed by atoms with Gasteiger partial charge >= 0.3 is 5.63 Å². The highest BCUT2D eigenvalue weighted by Crippen LogP contribution is 2.29. The van der Waals surface area contributed by atoms with Crippen molar-refractivity contribution in [1.82, 2.24) is 10.7 Å². The highest BCUT2D eigenvalue weighted by atomic mass is 32.1. The van der Waals surface area contributed by atoms with Gasteiger partial charge < -0.3 is 19.7 Å². The lowest BCUT2D eigenvalue weighted by atomic mass is 10.1. The van der Waals surface area contributed by atoms with Crippen LogP contribution in [0.4, 0.5) is 5.69 Å². The summed E-state index contributed by atoms with van der Waals surface area (Å²) in [6.07, 6.45) is 1.18. The summed E-state index contributed by atoms with van der Waals surface area (Å²) in [6.45, 7) is 5.76. The first-order valence-electron chi connectivity index (χ1n) is 7.57. The highest BCUT2D eigenvalue weighted by Gasteiger charge is 2.14. The summed E-state index contributed by atoms with van der Waals surface area (Å²) < 4.78 is 5.33. The van der Waals surface area contributed by atoms with Crippen molar-refractivity contribution in [2.45, 2.75) is 13.8 Å². The molecule has 0 bridgehead atoms. The highest BCUT2D eigenvalue weighted by molar-refractivity contribution is 7.80. The molecule has 0 saturated carbocycles. The number of hydrogen-bond acceptors (Lipinski definition) is 6. The van der Waals surface area contributed by atoms with Crippen LogP contribution in [0.2, 0.25) is 0 Å². The number of nitrogens with one attached hydrogen (secondary N) is 2. The van der Waals surface area contributed by atoms with Crippen molar-refractivity contribution in [3.8, 4) is 5.75 Å². The summed E-state index contributed by atoms with van der Waals surface area (Å²) in [5.41, 5.74) is 3.07. The van der Waals surface area contributed by atoms with Crippen LogP contribution >= 0.6 is 12.2 Å². The first-order chi connectivity index (χ1) is 11.5. The molecule has 0 fully saturated rings. The number of thiocarbonyl (C=S) groups is 1. The molecule has 0 unspecified atom stereocenters. The molecule has 2 aromatic rings. The average Bonchev–Trinajstić information content (AvgIpc) is 2.58. The van der Waals surface area contributed by atoms with E-state index in [9.17, 15) is 9.90 Å². The van der Waals surface area contributed by atoms with Crippen molar-refractivity contribution in [2.75, 3.05) is 25.0 Å². The third-order valence-corrected chi connectivity index (χ3v) is 3.91. The molecule has 24 heavy (non-hydrogen) atoms. The van der Waals surface area contributed by atoms with Gasteiger partial charge in [0, 0.05) is 31.9 Å². The van der Waals surface area contributed by atoms with E-state index in [2.05, 4.69) is 20.7 Å². The smallest absolute Gasteiger partial charge is 0.349 e. The van der Waals surface area contributed by atoms with Gasteiger partial charge in [-0.05, 0) is 38.2 Å². The Morgan fingerprint density at radius 2 is 2.12 bits per heavy atom. The van der Waals surface area contributed by atoms with Gasteiger partial charge in [-0.3, -0.25) is 5.43 Å². The van der Waals surface area contributed by atoms with E-state index in [0.29, 0.717) is 16.1 Å². The molecule has 7 nitrogen and oxygen atoms in total. The van der Waals surface area contributed by atoms with E-state index in [1.807, 2.05) is 19.9 Å². The quantitative estimate of drug-likeness (QED) is 0.328. The Balaban J connectivity index is 2.45. The number of nitrogens with zero attached hydrogens (tertiary/aromatic N) is 2. The minimum atomic E-state index is -0.669. The van der Waals surface area contributed by atoms with Crippen LogP contribution in [0.5, 0.6) is 5.75 Å². The summed E-state index contributed by atoms with van der Waals surface area (Å²) in [6, 6.07) is 5.35. The maximum atomic E-state index is 12.1. The molecule has 1 heterocycles. The number of aromatic hydroxyl groups is 1. The lowest BCUT2D eigenvalue weighted by Crippen LogP contribution is -2.28. The summed E-state index contributed by atoms with van der Waals surface area (Å²) in [7, 11) is 1.64. The van der Waals surface area contributed by atoms with Gasteiger partial charge in [0.15, 0.2) is 5.11 Å². The number of hydrazone groups is 1. The molecule has 0 aliphatic carbocycles. The molecule has 3 N–H and O–H groups in total. The van der Waals surface area contributed by atoms with Gasteiger partial charge in [0.2, 0.25) is 0 Å². The summed E-state index contributed by atoms with van der Waals surface area (Å²) in [4.78, 5) is 14.2. The van der Waals surface area contributed by atoms with E-state index in [1.165, 1.54) is 6.21 Å². The third kappa shape index (κ3) is 3.65. The molecule has 0 atom stereocenters. The molecule has 1 aromatic heterocycles. The number of fused-ring (bicyclic) bond motifs is 1. The SMILES string of the molecule is CCN(CC)c1ccc2c(O)c(C=NNC(=S)NC)c(=O)oc2c1. The van der Waals surface area contributed by atoms with E-state index in [1.54, 1.807) is 19.2 Å². The third-order valence-electron chi connectivity index (χ3n) is 3.61. The lowest BCUT2D eigenvalue weighted by Gasteiger charge is -2.21. The topological polar surface area (TPSA) is 90.1 Å². The van der Waals surface area contributed by atoms with Crippen LogP contribution in [-0.4, -0.2) is 36.6 Å². The van der Waals surface area contributed by atoms with Crippen LogP contribution < -0.4 is 21.3 Å². The zero-order chi connectivity index (χ0) is 17.7. The second kappa shape index (κ2) is 7.78. The van der Waals surface area contributed by atoms with Crippen LogP contribution in [-0.2, 0) is 0 Å². The van der Waals surface area contributed by atoms with Crippen LogP contribution in [0.1, 0.15) is 19.4 Å². The van der Waals surface area contributed by atoms with Gasteiger partial charge in [-0.25, -0.2) is 4.79 Å². The zero-order valence-electron chi connectivity index (χ0n) is 13.8. The monoisotopic (exact) mass is 348 g/mol. The number of benzene rings is 1. The zero-order valence-corrected chi connectivity index (χ0v) is 14.6. The Morgan fingerprint density at radius 3 is 2.75 bits per heavy atom. The molecule has 0 spiro atoms. The molecular formula is C16H20N4O3S. The summed E-state index contributed by atoms with van der Waals surface area (Å²) in [5.74, 6) is -0.173. The van der Waals surface area contributed by atoms with Crippen LogP contribution in [0.25, 0.3) is 11.0 Å². The fourth-order valence-corrected chi connectivity index (χ4v) is 2.35. The van der Waals surface area contributed by atoms with Crippen molar-refractivity contribution >= 4 is 40.2 Å². The fourth-order valence-electron chi connectivity index (χ4n) is 2.30. The van der Waals surface area contributed by atoms with Gasteiger partial charge in [0.25, 0.3) is 0 Å². The number of rotatable bonds is 5. The second-order valence-corrected chi connectivity index (χ2v) is 5.36. The molecule has 0 radical (unpaired) electrons. The number of hydrogen-bond donors (Lipinski definition) is 3. The molecule has 0 aliphatic heterocycles. The van der Waals surface area contributed by atoms with E-state index in [0.717, 1.165) is 18.8 Å². The van der Waals surface area contributed by atoms with Gasteiger partial charge in [-0.2, -0.15) is 5.10 Å². The van der Waals surface area contributed by atoms with E-state index in [-0.39, 0.29) is 11.3 Å². The van der Waals surface area contributed by atoms with Gasteiger partial charge in [0.1, 0.15) is 16.9 Å². The Labute approximate surface area is 145 Å². The second-order valence-electron chi connectivity index (χ2n) is 4.95. The van der Waals surface area contributed by atoms with E-state index >= 15 is 0 Å². The molecule has 8 heteroatoms. The van der Waals surface area contributed by atoms with Gasteiger partial charge in [-0.1, -0.05) is 0 Å². The van der Waals surface area contributed by atoms with Crippen LogP contribution in [0, 0.1) is 0 Å². The molecule has 2 rings (SSSR count). The predicted molar refractivity (Wildman–Crippen MR) is 100 cm³/mol. The van der Waals surface area contributed by atoms with Crippen molar-refractivity contribution in [3.63, 3.8) is 0 Å². The normalized spacial score (nSPS) is 11.0. The maximum Gasteiger partial charge on any atom is 0.349 e. The standard InChI is InChI=1S/C16H20N4O3S/c1-4-20(5-2)10-6-7-11-13(8-10)23-15(22)12(14(11)21)9-18-19-16(24)17-3/h6-9,21H,4-5H2,1-3H3,(H2,17,19,24). The molecular weight excluding hydrogens is 328 g/mol. The van der Waals surface area contributed by atoms with Crippen molar-refractivity contribution in [2.24, 2.45) is 5.10 Å². The molecule has 1 aromatic carbocycles. The van der Waals surface area contributed by atoms with Crippen molar-refractivity contribution < 1.29 is 9.52 Å². The summed E-state index contributed by atoms with van der Waals surface area (Å²) >= 11 is 4.87. The first-order valence-corrected chi connectivity index (χ1v) is 7.98. The minimum absolute atomic E-state index is 0.0375. The van der Waals surface area contributed by atoms with Crippen molar-refractivity contribution in [3.05, 3.63) is 34.2 Å². The van der Waals surface area contributed by atoms with E-state index < -0.39 is 5.63 Å².